The van der Waals surface area contributed by atoms with E-state index in [-0.39, 0.29) is 24.2 Å². The summed E-state index contributed by atoms with van der Waals surface area (Å²) in [7, 11) is 0. The predicted molar refractivity (Wildman–Crippen MR) is 106 cm³/mol. The number of aryl methyl sites for hydroxylation is 1. The van der Waals surface area contributed by atoms with Gasteiger partial charge in [0.05, 0.1) is 0 Å². The molecule has 1 aromatic carbocycles. The fraction of sp³-hybridized carbons (Fsp3) is 0.750. The number of alkyl halides is 2. The average Bonchev–Trinajstić information content (AvgIpc) is 2.63. The van der Waals surface area contributed by atoms with Crippen LogP contribution in [0.3, 0.4) is 0 Å². The minimum Gasteiger partial charge on any atom is -0.207 e. The van der Waals surface area contributed by atoms with Crippen molar-refractivity contribution in [1.82, 2.24) is 0 Å². The van der Waals surface area contributed by atoms with Crippen LogP contribution in [-0.2, 0) is 6.42 Å². The highest BCUT2D eigenvalue weighted by Crippen LogP contribution is 2.50. The molecule has 0 aliphatic heterocycles. The lowest BCUT2D eigenvalue weighted by Gasteiger charge is -2.42. The van der Waals surface area contributed by atoms with Crippen LogP contribution in [0.15, 0.2) is 24.3 Å². The lowest BCUT2D eigenvalue weighted by Crippen LogP contribution is -2.41. The van der Waals surface area contributed by atoms with E-state index in [1.165, 1.54) is 17.5 Å². The fourth-order valence-electron chi connectivity index (χ4n) is 5.60. The van der Waals surface area contributed by atoms with Gasteiger partial charge in [0.15, 0.2) is 0 Å². The zero-order chi connectivity index (χ0) is 18.6. The first-order chi connectivity index (χ1) is 12.5. The number of benzene rings is 1. The van der Waals surface area contributed by atoms with Crippen molar-refractivity contribution in [1.29, 1.82) is 0 Å². The minimum absolute atomic E-state index is 0.143. The van der Waals surface area contributed by atoms with E-state index < -0.39 is 5.92 Å². The maximum atomic E-state index is 14.8. The Bertz CT molecular complexity index is 540. The molecule has 2 heteroatoms. The standard InChI is InChI=1S/C24H36F2/c1-3-5-18-7-10-20(11-8-18)21-12-14-22(15-13-21)23-16-9-19(6-4-2)17-24(23,25)26/h7-8,10-11,19,21-23H,3-6,9,12-17H2,1-2H3. The van der Waals surface area contributed by atoms with Crippen LogP contribution in [0.1, 0.15) is 95.1 Å². The van der Waals surface area contributed by atoms with Crippen molar-refractivity contribution in [3.63, 3.8) is 0 Å². The quantitative estimate of drug-likeness (QED) is 0.485. The molecule has 3 rings (SSSR count). The summed E-state index contributed by atoms with van der Waals surface area (Å²) in [5, 5.41) is 0. The Morgan fingerprint density at radius 2 is 1.58 bits per heavy atom. The monoisotopic (exact) mass is 362 g/mol. The number of hydrogen-bond donors (Lipinski definition) is 0. The Balaban J connectivity index is 1.55. The van der Waals surface area contributed by atoms with Crippen LogP contribution in [0.2, 0.25) is 0 Å². The van der Waals surface area contributed by atoms with E-state index >= 15 is 0 Å². The molecule has 2 fully saturated rings. The van der Waals surface area contributed by atoms with E-state index in [4.69, 9.17) is 0 Å². The van der Waals surface area contributed by atoms with E-state index in [0.29, 0.717) is 5.92 Å². The maximum Gasteiger partial charge on any atom is 0.251 e. The van der Waals surface area contributed by atoms with Gasteiger partial charge in [0.25, 0.3) is 5.92 Å². The summed E-state index contributed by atoms with van der Waals surface area (Å²) >= 11 is 0. The molecule has 146 valence electrons. The van der Waals surface area contributed by atoms with E-state index in [2.05, 4.69) is 38.1 Å². The van der Waals surface area contributed by atoms with Crippen LogP contribution < -0.4 is 0 Å². The van der Waals surface area contributed by atoms with Crippen molar-refractivity contribution in [2.75, 3.05) is 0 Å². The third kappa shape index (κ3) is 4.67. The summed E-state index contributed by atoms with van der Waals surface area (Å²) in [6, 6.07) is 9.07. The SMILES string of the molecule is CCCc1ccc(C2CCC(C3CCC(CCC)CC3(F)F)CC2)cc1. The van der Waals surface area contributed by atoms with Crippen molar-refractivity contribution < 1.29 is 8.78 Å². The summed E-state index contributed by atoms with van der Waals surface area (Å²) in [6.07, 6.45) is 10.4. The van der Waals surface area contributed by atoms with E-state index in [0.717, 1.165) is 57.8 Å². The molecule has 2 aliphatic rings. The number of halogens is 2. The fourth-order valence-corrected chi connectivity index (χ4v) is 5.60. The number of rotatable bonds is 6. The third-order valence-electron chi connectivity index (χ3n) is 7.02. The van der Waals surface area contributed by atoms with Gasteiger partial charge in [-0.15, -0.1) is 0 Å². The van der Waals surface area contributed by atoms with Gasteiger partial charge in [-0.05, 0) is 73.8 Å². The molecule has 2 saturated carbocycles. The lowest BCUT2D eigenvalue weighted by atomic mass is 9.66. The Morgan fingerprint density at radius 3 is 2.15 bits per heavy atom. The second-order valence-electron chi connectivity index (χ2n) is 8.91. The Kier molecular flexibility index (Phi) is 6.75. The van der Waals surface area contributed by atoms with Crippen LogP contribution in [0.5, 0.6) is 0 Å². The molecule has 0 saturated heterocycles. The first kappa shape index (κ1) is 19.8. The summed E-state index contributed by atoms with van der Waals surface area (Å²) < 4.78 is 29.5. The molecule has 2 atom stereocenters. The molecular formula is C24H36F2. The summed E-state index contributed by atoms with van der Waals surface area (Å²) in [5.74, 6) is -1.72. The van der Waals surface area contributed by atoms with E-state index in [9.17, 15) is 8.78 Å². The molecule has 0 spiro atoms. The highest BCUT2D eigenvalue weighted by molar-refractivity contribution is 5.26. The van der Waals surface area contributed by atoms with Crippen LogP contribution in [0, 0.1) is 17.8 Å². The van der Waals surface area contributed by atoms with Gasteiger partial charge < -0.3 is 0 Å². The third-order valence-corrected chi connectivity index (χ3v) is 7.02. The second kappa shape index (κ2) is 8.85. The van der Waals surface area contributed by atoms with E-state index in [1.54, 1.807) is 0 Å². The van der Waals surface area contributed by atoms with Gasteiger partial charge >= 0.3 is 0 Å². The Hall–Kier alpha value is -0.920. The lowest BCUT2D eigenvalue weighted by molar-refractivity contribution is -0.127. The van der Waals surface area contributed by atoms with Crippen LogP contribution in [0.4, 0.5) is 8.78 Å². The van der Waals surface area contributed by atoms with Crippen LogP contribution >= 0.6 is 0 Å². The van der Waals surface area contributed by atoms with Crippen molar-refractivity contribution in [2.24, 2.45) is 17.8 Å². The van der Waals surface area contributed by atoms with Crippen molar-refractivity contribution in [3.05, 3.63) is 35.4 Å². The molecule has 0 radical (unpaired) electrons. The first-order valence-electron chi connectivity index (χ1n) is 11.0. The summed E-state index contributed by atoms with van der Waals surface area (Å²) in [4.78, 5) is 0. The highest BCUT2D eigenvalue weighted by Gasteiger charge is 2.48. The largest absolute Gasteiger partial charge is 0.251 e. The molecule has 0 amide bonds. The Morgan fingerprint density at radius 1 is 0.885 bits per heavy atom. The molecular weight excluding hydrogens is 326 g/mol. The first-order valence-corrected chi connectivity index (χ1v) is 11.0. The molecule has 2 aliphatic carbocycles. The molecule has 1 aromatic rings. The predicted octanol–water partition coefficient (Wildman–Crippen LogP) is 7.76. The normalized spacial score (nSPS) is 31.7. The van der Waals surface area contributed by atoms with Gasteiger partial charge in [0.1, 0.15) is 0 Å². The molecule has 0 N–H and O–H groups in total. The summed E-state index contributed by atoms with van der Waals surface area (Å²) in [5.41, 5.74) is 2.83. The zero-order valence-corrected chi connectivity index (χ0v) is 16.7. The molecule has 0 bridgehead atoms. The molecule has 0 heterocycles. The van der Waals surface area contributed by atoms with E-state index in [1.807, 2.05) is 0 Å². The maximum absolute atomic E-state index is 14.8. The minimum atomic E-state index is -2.43. The highest BCUT2D eigenvalue weighted by atomic mass is 19.3. The average molecular weight is 363 g/mol. The van der Waals surface area contributed by atoms with Crippen molar-refractivity contribution in [3.8, 4) is 0 Å². The molecule has 0 nitrogen and oxygen atoms in total. The van der Waals surface area contributed by atoms with Crippen molar-refractivity contribution in [2.45, 2.75) is 96.3 Å². The molecule has 2 unspecified atom stereocenters. The van der Waals surface area contributed by atoms with Crippen LogP contribution in [0.25, 0.3) is 0 Å². The van der Waals surface area contributed by atoms with Crippen LogP contribution in [-0.4, -0.2) is 5.92 Å². The smallest absolute Gasteiger partial charge is 0.207 e. The summed E-state index contributed by atoms with van der Waals surface area (Å²) in [6.45, 7) is 4.32. The molecule has 26 heavy (non-hydrogen) atoms. The van der Waals surface area contributed by atoms with Gasteiger partial charge in [-0.1, -0.05) is 57.4 Å². The Labute approximate surface area is 158 Å². The van der Waals surface area contributed by atoms with Gasteiger partial charge in [-0.25, -0.2) is 8.78 Å². The topological polar surface area (TPSA) is 0 Å². The number of hydrogen-bond acceptors (Lipinski definition) is 0. The van der Waals surface area contributed by atoms with Gasteiger partial charge in [0.2, 0.25) is 0 Å². The molecule has 0 aromatic heterocycles. The van der Waals surface area contributed by atoms with Gasteiger partial charge in [-0.2, -0.15) is 0 Å². The van der Waals surface area contributed by atoms with Gasteiger partial charge in [-0.3, -0.25) is 0 Å². The van der Waals surface area contributed by atoms with Gasteiger partial charge in [0, 0.05) is 12.3 Å². The second-order valence-corrected chi connectivity index (χ2v) is 8.91. The van der Waals surface area contributed by atoms with Crippen molar-refractivity contribution >= 4 is 0 Å². The zero-order valence-electron chi connectivity index (χ0n) is 16.7.